The number of likely N-dealkylation sites (N-methyl/N-ethyl adjacent to an activating group) is 1. The van der Waals surface area contributed by atoms with Crippen LogP contribution >= 0.6 is 0 Å². The molecule has 1 aliphatic heterocycles. The summed E-state index contributed by atoms with van der Waals surface area (Å²) in [6.07, 6.45) is 3.49. The fourth-order valence-electron chi connectivity index (χ4n) is 4.72. The van der Waals surface area contributed by atoms with Crippen LogP contribution < -0.4 is 15.5 Å². The summed E-state index contributed by atoms with van der Waals surface area (Å²) in [7, 11) is 5.53. The van der Waals surface area contributed by atoms with Gasteiger partial charge in [0.05, 0.1) is 18.6 Å². The maximum Gasteiger partial charge on any atom is 0.269 e. The topological polar surface area (TPSA) is 89.7 Å². The van der Waals surface area contributed by atoms with E-state index in [9.17, 15) is 9.59 Å². The molecule has 0 spiro atoms. The number of carbonyl (C=O) groups excluding carboxylic acids is 2. The van der Waals surface area contributed by atoms with Crippen molar-refractivity contribution >= 4 is 22.7 Å². The van der Waals surface area contributed by atoms with Gasteiger partial charge in [-0.25, -0.2) is 5.01 Å². The van der Waals surface area contributed by atoms with E-state index in [1.54, 1.807) is 7.11 Å². The molecule has 2 unspecified atom stereocenters. The highest BCUT2D eigenvalue weighted by atomic mass is 16.5. The summed E-state index contributed by atoms with van der Waals surface area (Å²) in [6.45, 7) is 2.52. The molecule has 1 fully saturated rings. The number of nitrogens with zero attached hydrogens (tertiary/aromatic N) is 2. The molecule has 2 aromatic carbocycles. The number of hydrazine groups is 1. The van der Waals surface area contributed by atoms with E-state index in [1.165, 1.54) is 5.56 Å². The van der Waals surface area contributed by atoms with Crippen LogP contribution in [0.2, 0.25) is 0 Å². The molecule has 0 radical (unpaired) electrons. The van der Waals surface area contributed by atoms with Crippen molar-refractivity contribution in [3.63, 3.8) is 0 Å². The number of amides is 2. The van der Waals surface area contributed by atoms with Gasteiger partial charge in [0.15, 0.2) is 0 Å². The Balaban J connectivity index is 1.47. The Bertz CT molecular complexity index is 1140. The van der Waals surface area contributed by atoms with Gasteiger partial charge in [-0.3, -0.25) is 15.0 Å². The molecule has 0 bridgehead atoms. The lowest BCUT2D eigenvalue weighted by Gasteiger charge is -2.38. The van der Waals surface area contributed by atoms with Gasteiger partial charge in [0.25, 0.3) is 5.91 Å². The van der Waals surface area contributed by atoms with Crippen LogP contribution in [0.1, 0.15) is 22.3 Å². The van der Waals surface area contributed by atoms with Crippen molar-refractivity contribution in [2.24, 2.45) is 11.8 Å². The summed E-state index contributed by atoms with van der Waals surface area (Å²) in [5, 5.41) is 5.91. The maximum atomic E-state index is 13.2. The fourth-order valence-corrected chi connectivity index (χ4v) is 4.72. The Hall–Kier alpha value is -3.36. The molecule has 35 heavy (non-hydrogen) atoms. The number of H-pyrrole nitrogens is 1. The number of fused-ring (bicyclic) bond motifs is 1. The van der Waals surface area contributed by atoms with E-state index in [0.29, 0.717) is 30.9 Å². The number of hydrogen-bond acceptors (Lipinski definition) is 5. The Morgan fingerprint density at radius 1 is 1.17 bits per heavy atom. The van der Waals surface area contributed by atoms with Crippen molar-refractivity contribution in [2.45, 2.75) is 12.8 Å². The van der Waals surface area contributed by atoms with Gasteiger partial charge < -0.3 is 19.9 Å². The minimum Gasteiger partial charge on any atom is -0.496 e. The predicted octanol–water partition coefficient (Wildman–Crippen LogP) is 2.68. The van der Waals surface area contributed by atoms with Gasteiger partial charge in [-0.1, -0.05) is 30.3 Å². The number of rotatable bonds is 9. The second-order valence-corrected chi connectivity index (χ2v) is 9.44. The Kier molecular flexibility index (Phi) is 8.05. The van der Waals surface area contributed by atoms with Crippen LogP contribution in [0, 0.1) is 11.8 Å². The summed E-state index contributed by atoms with van der Waals surface area (Å²) in [5.41, 5.74) is 5.64. The average molecular weight is 478 g/mol. The van der Waals surface area contributed by atoms with Crippen molar-refractivity contribution in [1.82, 2.24) is 25.6 Å². The summed E-state index contributed by atoms with van der Waals surface area (Å²) in [4.78, 5) is 31.6. The zero-order chi connectivity index (χ0) is 24.8. The lowest BCUT2D eigenvalue weighted by Crippen LogP contribution is -2.54. The lowest BCUT2D eigenvalue weighted by atomic mass is 9.81. The summed E-state index contributed by atoms with van der Waals surface area (Å²) >= 11 is 0. The number of nitrogens with one attached hydrogen (secondary N) is 3. The average Bonchev–Trinajstić information content (AvgIpc) is 3.32. The molecule has 8 nitrogen and oxygen atoms in total. The van der Waals surface area contributed by atoms with Crippen LogP contribution in [-0.2, 0) is 11.2 Å². The van der Waals surface area contributed by atoms with Crippen LogP contribution in [0.15, 0.2) is 54.7 Å². The van der Waals surface area contributed by atoms with Gasteiger partial charge in [-0.2, -0.15) is 0 Å². The predicted molar refractivity (Wildman–Crippen MR) is 137 cm³/mol. The minimum absolute atomic E-state index is 0.0399. The van der Waals surface area contributed by atoms with Crippen molar-refractivity contribution in [3.8, 4) is 5.75 Å². The second kappa shape index (κ2) is 11.4. The first-order valence-electron chi connectivity index (χ1n) is 12.1. The van der Waals surface area contributed by atoms with Gasteiger partial charge >= 0.3 is 0 Å². The number of hydrogen-bond donors (Lipinski definition) is 3. The molecule has 0 saturated carbocycles. The van der Waals surface area contributed by atoms with Gasteiger partial charge in [0.2, 0.25) is 5.91 Å². The lowest BCUT2D eigenvalue weighted by molar-refractivity contribution is -0.129. The number of benzene rings is 2. The monoisotopic (exact) mass is 477 g/mol. The third-order valence-electron chi connectivity index (χ3n) is 6.67. The van der Waals surface area contributed by atoms with Crippen molar-refractivity contribution in [2.75, 3.05) is 47.4 Å². The number of ether oxygens (including phenoxy) is 1. The normalized spacial score (nSPS) is 18.5. The zero-order valence-electron chi connectivity index (χ0n) is 20.7. The van der Waals surface area contributed by atoms with E-state index in [4.69, 9.17) is 4.74 Å². The van der Waals surface area contributed by atoms with Crippen molar-refractivity contribution in [1.29, 1.82) is 0 Å². The van der Waals surface area contributed by atoms with Crippen molar-refractivity contribution < 1.29 is 14.3 Å². The first-order chi connectivity index (χ1) is 16.9. The molecule has 2 amide bonds. The van der Waals surface area contributed by atoms with Crippen LogP contribution in [0.5, 0.6) is 5.75 Å². The molecule has 1 saturated heterocycles. The Labute approximate surface area is 206 Å². The zero-order valence-corrected chi connectivity index (χ0v) is 20.7. The highest BCUT2D eigenvalue weighted by Crippen LogP contribution is 2.28. The molecule has 3 aromatic rings. The smallest absolute Gasteiger partial charge is 0.269 e. The van der Waals surface area contributed by atoms with Crippen molar-refractivity contribution in [3.05, 3.63) is 65.9 Å². The molecule has 186 valence electrons. The van der Waals surface area contributed by atoms with Gasteiger partial charge in [0, 0.05) is 49.3 Å². The third kappa shape index (κ3) is 6.21. The minimum atomic E-state index is -0.238. The summed E-state index contributed by atoms with van der Waals surface area (Å²) < 4.78 is 5.47. The van der Waals surface area contributed by atoms with E-state index in [0.717, 1.165) is 30.3 Å². The van der Waals surface area contributed by atoms with Crippen LogP contribution in [0.25, 0.3) is 10.9 Å². The van der Waals surface area contributed by atoms with E-state index in [2.05, 4.69) is 27.9 Å². The van der Waals surface area contributed by atoms with E-state index >= 15 is 0 Å². The summed E-state index contributed by atoms with van der Waals surface area (Å²) in [5.74, 6) is 0.293. The highest BCUT2D eigenvalue weighted by Gasteiger charge is 2.35. The van der Waals surface area contributed by atoms with Crippen LogP contribution in [0.4, 0.5) is 0 Å². The SMILES string of the molecule is COc1cc2[nH]ccc2cc1C(=O)NN1CCC(Cc2ccccc2)C(C(=O)NCCN(C)C)C1. The van der Waals surface area contributed by atoms with Crippen LogP contribution in [0.3, 0.4) is 0 Å². The molecule has 1 aliphatic rings. The second-order valence-electron chi connectivity index (χ2n) is 9.44. The molecule has 1 aromatic heterocycles. The molecular weight excluding hydrogens is 442 g/mol. The number of carbonyl (C=O) groups is 2. The number of aromatic amines is 1. The molecular formula is C27H35N5O3. The molecule has 3 N–H and O–H groups in total. The standard InChI is InChI=1S/C27H35N5O3/c1-31(2)14-12-29-26(33)23-18-32(13-10-20(23)15-19-7-5-4-6-8-19)30-27(34)22-16-21-9-11-28-24(21)17-25(22)35-3/h4-9,11,16-17,20,23,28H,10,12-15,18H2,1-3H3,(H,29,33)(H,30,34). The van der Waals surface area contributed by atoms with Gasteiger partial charge in [-0.15, -0.1) is 0 Å². The van der Waals surface area contributed by atoms with Gasteiger partial charge in [-0.05, 0) is 50.6 Å². The van der Waals surface area contributed by atoms with E-state index in [1.807, 2.05) is 66.6 Å². The molecule has 0 aliphatic carbocycles. The fraction of sp³-hybridized carbons (Fsp3) is 0.407. The highest BCUT2D eigenvalue weighted by molar-refractivity contribution is 6.01. The Morgan fingerprint density at radius 3 is 2.71 bits per heavy atom. The molecule has 2 heterocycles. The number of methoxy groups -OCH3 is 1. The first-order valence-corrected chi connectivity index (χ1v) is 12.1. The molecule has 2 atom stereocenters. The number of piperidine rings is 1. The van der Waals surface area contributed by atoms with Gasteiger partial charge in [0.1, 0.15) is 5.75 Å². The summed E-state index contributed by atoms with van der Waals surface area (Å²) in [6, 6.07) is 15.9. The van der Waals surface area contributed by atoms with Crippen LogP contribution in [-0.4, -0.2) is 74.1 Å². The molecule has 4 rings (SSSR count). The largest absolute Gasteiger partial charge is 0.496 e. The maximum absolute atomic E-state index is 13.2. The third-order valence-corrected chi connectivity index (χ3v) is 6.67. The quantitative estimate of drug-likeness (QED) is 0.441. The van der Waals surface area contributed by atoms with E-state index < -0.39 is 0 Å². The molecule has 8 heteroatoms. The van der Waals surface area contributed by atoms with E-state index in [-0.39, 0.29) is 23.7 Å². The first kappa shape index (κ1) is 24.8. The Morgan fingerprint density at radius 2 is 1.97 bits per heavy atom. The number of aromatic nitrogens is 1.